The van der Waals surface area contributed by atoms with Gasteiger partial charge in [0.2, 0.25) is 0 Å². The summed E-state index contributed by atoms with van der Waals surface area (Å²) in [6.45, 7) is -0.229. The molecule has 3 amide bonds. The molecule has 1 aliphatic rings. The largest absolute Gasteiger partial charge is 0.443 e. The van der Waals surface area contributed by atoms with E-state index in [1.165, 1.54) is 0 Å². The van der Waals surface area contributed by atoms with Crippen LogP contribution in [0.1, 0.15) is 17.7 Å². The third-order valence-electron chi connectivity index (χ3n) is 3.10. The van der Waals surface area contributed by atoms with E-state index < -0.39 is 40.5 Å². The van der Waals surface area contributed by atoms with Crippen LogP contribution >= 0.6 is 34.7 Å². The molecule has 0 aliphatic carbocycles. The second kappa shape index (κ2) is 9.18. The maximum absolute atomic E-state index is 13.5. The lowest BCUT2D eigenvalue weighted by Gasteiger charge is -2.12. The Balaban J connectivity index is 1.98. The smallest absolute Gasteiger partial charge is 0.424 e. The second-order valence-electron chi connectivity index (χ2n) is 5.06. The quantitative estimate of drug-likeness (QED) is 0.278. The number of imide groups is 3. The van der Waals surface area contributed by atoms with E-state index in [-0.39, 0.29) is 29.7 Å². The lowest BCUT2D eigenvalue weighted by molar-refractivity contribution is -0.166. The molecule has 1 aromatic rings. The number of rotatable bonds is 6. The molecule has 12 heteroatoms. The lowest BCUT2D eigenvalue weighted by Crippen LogP contribution is -2.35. The summed E-state index contributed by atoms with van der Waals surface area (Å²) in [6.07, 6.45) is 2.70. The molecule has 1 aromatic heterocycles. The first-order valence-electron chi connectivity index (χ1n) is 7.35. The Hall–Kier alpha value is -2.42. The minimum atomic E-state index is -3.86. The third kappa shape index (κ3) is 5.31. The van der Waals surface area contributed by atoms with E-state index in [1.807, 2.05) is 5.92 Å². The van der Waals surface area contributed by atoms with Crippen molar-refractivity contribution in [2.45, 2.75) is 25.4 Å². The van der Waals surface area contributed by atoms with Crippen LogP contribution in [0.4, 0.5) is 18.4 Å². The monoisotopic (exact) mass is 449 g/mol. The average molecular weight is 450 g/mol. The molecule has 0 bridgehead atoms. The number of hydrogen-bond acceptors (Lipinski definition) is 8. The van der Waals surface area contributed by atoms with Crippen molar-refractivity contribution in [2.24, 2.45) is 0 Å². The van der Waals surface area contributed by atoms with Crippen LogP contribution in [0, 0.1) is 12.3 Å². The number of carbonyl (C=O) groups is 4. The first-order chi connectivity index (χ1) is 13.2. The summed E-state index contributed by atoms with van der Waals surface area (Å²) >= 11 is 7.10. The second-order valence-corrected chi connectivity index (χ2v) is 7.86. The van der Waals surface area contributed by atoms with Gasteiger partial charge in [-0.2, -0.15) is 13.7 Å². The molecule has 0 N–H and O–H groups in total. The summed E-state index contributed by atoms with van der Waals surface area (Å²) in [7, 11) is 0. The Morgan fingerprint density at radius 2 is 2.07 bits per heavy atom. The van der Waals surface area contributed by atoms with Crippen molar-refractivity contribution in [3.05, 3.63) is 32.5 Å². The van der Waals surface area contributed by atoms with Crippen LogP contribution in [0.15, 0.2) is 23.3 Å². The van der Waals surface area contributed by atoms with Crippen molar-refractivity contribution >= 4 is 57.9 Å². The van der Waals surface area contributed by atoms with Crippen LogP contribution in [0.2, 0.25) is 4.34 Å². The van der Waals surface area contributed by atoms with Crippen molar-refractivity contribution < 1.29 is 37.4 Å². The highest BCUT2D eigenvalue weighted by molar-refractivity contribution is 8.18. The fourth-order valence-corrected chi connectivity index (χ4v) is 3.47. The Labute approximate surface area is 170 Å². The van der Waals surface area contributed by atoms with Gasteiger partial charge in [-0.15, -0.1) is 23.7 Å². The number of terminal acetylenes is 1. The van der Waals surface area contributed by atoms with Crippen LogP contribution < -0.4 is 0 Å². The van der Waals surface area contributed by atoms with Crippen molar-refractivity contribution in [3.63, 3.8) is 0 Å². The molecular formula is C16H10ClF2NO6S2. The Bertz CT molecular complexity index is 892. The standard InChI is InChI=1S/C16H10ClF2NO6S2/c1-2-3-6-16(18,19)13(22)25-8-10-12(21)20(15(24)28-10)14(23)26-7-9-4-5-11(17)27-9/h1,4-5,8H,3,6-7H2/b10-8-. The van der Waals surface area contributed by atoms with Gasteiger partial charge in [0.25, 0.3) is 5.91 Å². The molecule has 0 radical (unpaired) electrons. The molecule has 2 heterocycles. The molecule has 0 unspecified atom stereocenters. The van der Waals surface area contributed by atoms with Crippen molar-refractivity contribution in [1.29, 1.82) is 0 Å². The van der Waals surface area contributed by atoms with E-state index in [1.54, 1.807) is 12.1 Å². The molecule has 148 valence electrons. The van der Waals surface area contributed by atoms with Gasteiger partial charge in [0.15, 0.2) is 0 Å². The summed E-state index contributed by atoms with van der Waals surface area (Å²) < 4.78 is 36.5. The van der Waals surface area contributed by atoms with Gasteiger partial charge >= 0.3 is 23.2 Å². The molecule has 7 nitrogen and oxygen atoms in total. The average Bonchev–Trinajstić information content (AvgIpc) is 3.18. The SMILES string of the molecule is C#CCCC(F)(F)C(=O)O/C=C1\SC(=O)N(C(=O)OCc2ccc(Cl)s2)C1=O. The number of esters is 1. The van der Waals surface area contributed by atoms with E-state index in [9.17, 15) is 28.0 Å². The van der Waals surface area contributed by atoms with Crippen LogP contribution in [0.5, 0.6) is 0 Å². The molecule has 2 rings (SSSR count). The van der Waals surface area contributed by atoms with Crippen LogP contribution in [0.25, 0.3) is 0 Å². The van der Waals surface area contributed by atoms with Crippen LogP contribution in [-0.4, -0.2) is 34.0 Å². The van der Waals surface area contributed by atoms with Gasteiger partial charge in [-0.25, -0.2) is 9.59 Å². The molecular weight excluding hydrogens is 440 g/mol. The van der Waals surface area contributed by atoms with Gasteiger partial charge < -0.3 is 9.47 Å². The normalized spacial score (nSPS) is 15.6. The first kappa shape index (κ1) is 21.9. The third-order valence-corrected chi connectivity index (χ3v) is 5.15. The first-order valence-corrected chi connectivity index (χ1v) is 9.36. The van der Waals surface area contributed by atoms with Crippen molar-refractivity contribution in [3.8, 4) is 12.3 Å². The van der Waals surface area contributed by atoms with Gasteiger partial charge in [-0.3, -0.25) is 9.59 Å². The summed E-state index contributed by atoms with van der Waals surface area (Å²) in [4.78, 5) is 47.5. The van der Waals surface area contributed by atoms with Gasteiger partial charge in [-0.1, -0.05) is 11.6 Å². The minimum absolute atomic E-state index is 0.163. The fraction of sp³-hybridized carbons (Fsp3) is 0.250. The number of nitrogens with zero attached hydrogens (tertiary/aromatic N) is 1. The lowest BCUT2D eigenvalue weighted by atomic mass is 10.2. The van der Waals surface area contributed by atoms with Crippen molar-refractivity contribution in [2.75, 3.05) is 0 Å². The summed E-state index contributed by atoms with van der Waals surface area (Å²) in [5.74, 6) is -5.00. The zero-order valence-corrected chi connectivity index (χ0v) is 16.2. The van der Waals surface area contributed by atoms with E-state index in [2.05, 4.69) is 4.74 Å². The van der Waals surface area contributed by atoms with Crippen molar-refractivity contribution in [1.82, 2.24) is 4.90 Å². The summed E-state index contributed by atoms with van der Waals surface area (Å²) in [5, 5.41) is -1.03. The number of alkyl halides is 2. The van der Waals surface area contributed by atoms with E-state index >= 15 is 0 Å². The molecule has 0 aromatic carbocycles. The number of carbonyl (C=O) groups excluding carboxylic acids is 4. The van der Waals surface area contributed by atoms with Crippen LogP contribution in [0.3, 0.4) is 0 Å². The molecule has 0 saturated carbocycles. The molecule has 1 aliphatic heterocycles. The Kier molecular flexibility index (Phi) is 7.17. The highest BCUT2D eigenvalue weighted by Gasteiger charge is 2.43. The topological polar surface area (TPSA) is 90.0 Å². The number of amides is 3. The fourth-order valence-electron chi connectivity index (χ4n) is 1.76. The summed E-state index contributed by atoms with van der Waals surface area (Å²) in [6, 6.07) is 3.17. The van der Waals surface area contributed by atoms with E-state index in [0.717, 1.165) is 11.3 Å². The van der Waals surface area contributed by atoms with Crippen LogP contribution in [-0.2, 0) is 25.7 Å². The number of hydrogen-bond donors (Lipinski definition) is 0. The van der Waals surface area contributed by atoms with Gasteiger partial charge in [0, 0.05) is 17.7 Å². The Morgan fingerprint density at radius 1 is 1.36 bits per heavy atom. The highest BCUT2D eigenvalue weighted by atomic mass is 35.5. The maximum Gasteiger partial charge on any atom is 0.424 e. The number of ether oxygens (including phenoxy) is 2. The molecule has 0 atom stereocenters. The zero-order chi connectivity index (χ0) is 20.9. The molecule has 0 spiro atoms. The zero-order valence-electron chi connectivity index (χ0n) is 13.8. The molecule has 1 fully saturated rings. The number of halogens is 3. The highest BCUT2D eigenvalue weighted by Crippen LogP contribution is 2.32. The van der Waals surface area contributed by atoms with E-state index in [0.29, 0.717) is 15.5 Å². The Morgan fingerprint density at radius 3 is 2.68 bits per heavy atom. The predicted molar refractivity (Wildman–Crippen MR) is 96.5 cm³/mol. The number of thioether (sulfide) groups is 1. The van der Waals surface area contributed by atoms with E-state index in [4.69, 9.17) is 22.8 Å². The van der Waals surface area contributed by atoms with Gasteiger partial charge in [-0.05, 0) is 23.9 Å². The molecule has 1 saturated heterocycles. The predicted octanol–water partition coefficient (Wildman–Crippen LogP) is 4.17. The maximum atomic E-state index is 13.5. The number of thiophene rings is 1. The van der Waals surface area contributed by atoms with Gasteiger partial charge in [0.05, 0.1) is 4.34 Å². The molecule has 28 heavy (non-hydrogen) atoms. The minimum Gasteiger partial charge on any atom is -0.443 e. The van der Waals surface area contributed by atoms with Gasteiger partial charge in [0.1, 0.15) is 17.8 Å². The summed E-state index contributed by atoms with van der Waals surface area (Å²) in [5.41, 5.74) is 0.